The minimum Gasteiger partial charge on any atom is -0.368 e. The van der Waals surface area contributed by atoms with Crippen molar-refractivity contribution < 1.29 is 4.79 Å². The van der Waals surface area contributed by atoms with Crippen molar-refractivity contribution in [3.05, 3.63) is 51.7 Å². The molecule has 2 aromatic rings. The Morgan fingerprint density at radius 3 is 2.65 bits per heavy atom. The third kappa shape index (κ3) is 4.49. The minimum absolute atomic E-state index is 0.285. The van der Waals surface area contributed by atoms with Gasteiger partial charge in [0, 0.05) is 48.2 Å². The maximum atomic E-state index is 12.3. The molecule has 0 aliphatic carbocycles. The Morgan fingerprint density at radius 2 is 1.96 bits per heavy atom. The average Bonchev–Trinajstić information content (AvgIpc) is 3.08. The Hall–Kier alpha value is -1.52. The van der Waals surface area contributed by atoms with Crippen LogP contribution >= 0.6 is 22.9 Å². The van der Waals surface area contributed by atoms with Gasteiger partial charge in [0.1, 0.15) is 0 Å². The van der Waals surface area contributed by atoms with Gasteiger partial charge >= 0.3 is 0 Å². The average molecular weight is 349 g/mol. The smallest absolute Gasteiger partial charge is 0.222 e. The highest BCUT2D eigenvalue weighted by Gasteiger charge is 2.21. The summed E-state index contributed by atoms with van der Waals surface area (Å²) < 4.78 is 0. The van der Waals surface area contributed by atoms with Gasteiger partial charge in [0.2, 0.25) is 5.91 Å². The van der Waals surface area contributed by atoms with E-state index in [9.17, 15) is 4.79 Å². The molecular formula is C18H21ClN2OS. The van der Waals surface area contributed by atoms with Crippen molar-refractivity contribution >= 4 is 34.5 Å². The summed E-state index contributed by atoms with van der Waals surface area (Å²) in [6, 6.07) is 12.1. The number of thiophene rings is 1. The van der Waals surface area contributed by atoms with Gasteiger partial charge in [-0.3, -0.25) is 4.79 Å². The van der Waals surface area contributed by atoms with Crippen LogP contribution in [0, 0.1) is 0 Å². The highest BCUT2D eigenvalue weighted by Crippen LogP contribution is 2.21. The molecule has 0 spiro atoms. The lowest BCUT2D eigenvalue weighted by atomic mass is 10.2. The number of nitrogens with zero attached hydrogens (tertiary/aromatic N) is 2. The molecule has 5 heteroatoms. The topological polar surface area (TPSA) is 23.6 Å². The summed E-state index contributed by atoms with van der Waals surface area (Å²) in [4.78, 5) is 18.0. The van der Waals surface area contributed by atoms with E-state index in [1.807, 2.05) is 23.1 Å². The van der Waals surface area contributed by atoms with Gasteiger partial charge in [0.05, 0.1) is 0 Å². The summed E-state index contributed by atoms with van der Waals surface area (Å²) in [6.07, 6.45) is 2.59. The van der Waals surface area contributed by atoms with Crippen LogP contribution in [0.25, 0.3) is 0 Å². The number of halogens is 1. The zero-order valence-electron chi connectivity index (χ0n) is 13.1. The van der Waals surface area contributed by atoms with Crippen LogP contribution in [0.2, 0.25) is 5.02 Å². The van der Waals surface area contributed by atoms with Gasteiger partial charge in [-0.15, -0.1) is 11.3 Å². The molecule has 122 valence electrons. The SMILES string of the molecule is O=C(CCCc1cccs1)N1CCN(c2cccc(Cl)c2)CC1. The van der Waals surface area contributed by atoms with Gasteiger partial charge in [0.15, 0.2) is 0 Å². The van der Waals surface area contributed by atoms with Crippen LogP contribution in [0.3, 0.4) is 0 Å². The Balaban J connectivity index is 1.44. The van der Waals surface area contributed by atoms with E-state index in [0.29, 0.717) is 6.42 Å². The first-order valence-electron chi connectivity index (χ1n) is 8.03. The van der Waals surface area contributed by atoms with Crippen LogP contribution < -0.4 is 4.90 Å². The van der Waals surface area contributed by atoms with Crippen molar-refractivity contribution in [1.82, 2.24) is 4.90 Å². The minimum atomic E-state index is 0.285. The lowest BCUT2D eigenvalue weighted by Crippen LogP contribution is -2.48. The molecule has 1 aromatic carbocycles. The van der Waals surface area contributed by atoms with E-state index in [0.717, 1.165) is 49.7 Å². The Bertz CT molecular complexity index is 636. The molecule has 1 fully saturated rings. The van der Waals surface area contributed by atoms with E-state index in [4.69, 9.17) is 11.6 Å². The lowest BCUT2D eigenvalue weighted by molar-refractivity contribution is -0.131. The molecule has 1 aliphatic rings. The molecule has 2 heterocycles. The molecule has 0 N–H and O–H groups in total. The standard InChI is InChI=1S/C18H21ClN2OS/c19-15-4-1-5-16(14-15)20-9-11-21(12-10-20)18(22)8-2-6-17-7-3-13-23-17/h1,3-5,7,13-14H,2,6,8-12H2. The Labute approximate surface area is 146 Å². The normalized spacial score (nSPS) is 15.0. The predicted octanol–water partition coefficient (Wildman–Crippen LogP) is 4.07. The van der Waals surface area contributed by atoms with E-state index in [-0.39, 0.29) is 5.91 Å². The number of carbonyl (C=O) groups is 1. The summed E-state index contributed by atoms with van der Waals surface area (Å²) in [6.45, 7) is 3.34. The number of amides is 1. The van der Waals surface area contributed by atoms with E-state index in [1.165, 1.54) is 4.88 Å². The number of aryl methyl sites for hydroxylation is 1. The maximum Gasteiger partial charge on any atom is 0.222 e. The number of benzene rings is 1. The Kier molecular flexibility index (Phi) is 5.57. The fraction of sp³-hybridized carbons (Fsp3) is 0.389. The molecule has 0 unspecified atom stereocenters. The second kappa shape index (κ2) is 7.84. The van der Waals surface area contributed by atoms with Crippen molar-refractivity contribution in [1.29, 1.82) is 0 Å². The Morgan fingerprint density at radius 1 is 1.13 bits per heavy atom. The van der Waals surface area contributed by atoms with Gasteiger partial charge in [-0.2, -0.15) is 0 Å². The number of anilines is 1. The van der Waals surface area contributed by atoms with Gasteiger partial charge in [0.25, 0.3) is 0 Å². The molecule has 0 bridgehead atoms. The molecule has 1 saturated heterocycles. The van der Waals surface area contributed by atoms with Gasteiger partial charge < -0.3 is 9.80 Å². The molecule has 3 rings (SSSR count). The summed E-state index contributed by atoms with van der Waals surface area (Å²) in [5.41, 5.74) is 1.14. The highest BCUT2D eigenvalue weighted by molar-refractivity contribution is 7.09. The van der Waals surface area contributed by atoms with E-state index in [1.54, 1.807) is 11.3 Å². The van der Waals surface area contributed by atoms with Crippen molar-refractivity contribution in [2.24, 2.45) is 0 Å². The first-order valence-corrected chi connectivity index (χ1v) is 9.29. The number of hydrogen-bond donors (Lipinski definition) is 0. The van der Waals surface area contributed by atoms with Gasteiger partial charge in [-0.25, -0.2) is 0 Å². The monoisotopic (exact) mass is 348 g/mol. The summed E-state index contributed by atoms with van der Waals surface area (Å²) in [5.74, 6) is 0.285. The van der Waals surface area contributed by atoms with Crippen molar-refractivity contribution in [2.75, 3.05) is 31.1 Å². The van der Waals surface area contributed by atoms with Crippen LogP contribution in [0.1, 0.15) is 17.7 Å². The zero-order chi connectivity index (χ0) is 16.1. The molecule has 1 amide bonds. The van der Waals surface area contributed by atoms with Crippen LogP contribution in [-0.2, 0) is 11.2 Å². The third-order valence-electron chi connectivity index (χ3n) is 4.20. The fourth-order valence-corrected chi connectivity index (χ4v) is 3.85. The second-order valence-electron chi connectivity index (χ2n) is 5.78. The second-order valence-corrected chi connectivity index (χ2v) is 7.25. The van der Waals surface area contributed by atoms with Crippen LogP contribution in [-0.4, -0.2) is 37.0 Å². The van der Waals surface area contributed by atoms with Crippen molar-refractivity contribution in [3.63, 3.8) is 0 Å². The van der Waals surface area contributed by atoms with Crippen LogP contribution in [0.4, 0.5) is 5.69 Å². The van der Waals surface area contributed by atoms with Gasteiger partial charge in [-0.05, 0) is 42.5 Å². The van der Waals surface area contributed by atoms with E-state index in [2.05, 4.69) is 28.5 Å². The molecule has 0 atom stereocenters. The van der Waals surface area contributed by atoms with Crippen LogP contribution in [0.5, 0.6) is 0 Å². The number of hydrogen-bond acceptors (Lipinski definition) is 3. The maximum absolute atomic E-state index is 12.3. The van der Waals surface area contributed by atoms with Crippen molar-refractivity contribution in [2.45, 2.75) is 19.3 Å². The first-order chi connectivity index (χ1) is 11.2. The number of rotatable bonds is 5. The quantitative estimate of drug-likeness (QED) is 0.813. The molecule has 23 heavy (non-hydrogen) atoms. The lowest BCUT2D eigenvalue weighted by Gasteiger charge is -2.36. The molecule has 1 aliphatic heterocycles. The molecule has 1 aromatic heterocycles. The van der Waals surface area contributed by atoms with Gasteiger partial charge in [-0.1, -0.05) is 23.7 Å². The third-order valence-corrected chi connectivity index (χ3v) is 5.37. The predicted molar refractivity (Wildman–Crippen MR) is 97.5 cm³/mol. The highest BCUT2D eigenvalue weighted by atomic mass is 35.5. The summed E-state index contributed by atoms with van der Waals surface area (Å²) in [7, 11) is 0. The number of piperazine rings is 1. The summed E-state index contributed by atoms with van der Waals surface area (Å²) >= 11 is 7.82. The van der Waals surface area contributed by atoms with Crippen molar-refractivity contribution in [3.8, 4) is 0 Å². The van der Waals surface area contributed by atoms with Crippen LogP contribution in [0.15, 0.2) is 41.8 Å². The zero-order valence-corrected chi connectivity index (χ0v) is 14.7. The summed E-state index contributed by atoms with van der Waals surface area (Å²) in [5, 5.41) is 2.85. The first kappa shape index (κ1) is 16.3. The van der Waals surface area contributed by atoms with E-state index < -0.39 is 0 Å². The molecular weight excluding hydrogens is 328 g/mol. The largest absolute Gasteiger partial charge is 0.368 e. The van der Waals surface area contributed by atoms with E-state index >= 15 is 0 Å². The molecule has 0 saturated carbocycles. The molecule has 3 nitrogen and oxygen atoms in total. The molecule has 0 radical (unpaired) electrons. The number of carbonyl (C=O) groups excluding carboxylic acids is 1. The fourth-order valence-electron chi connectivity index (χ4n) is 2.91.